The Morgan fingerprint density at radius 2 is 2.41 bits per heavy atom. The van der Waals surface area contributed by atoms with E-state index in [0.717, 1.165) is 24.0 Å². The molecule has 1 saturated heterocycles. The Hall–Kier alpha value is -1.29. The van der Waals surface area contributed by atoms with Crippen LogP contribution in [-0.2, 0) is 0 Å². The standard InChI is InChI=1S/C13H22N4/c1-3-17-7-5-11(10-17)9-16-12-4-6-15-13(8-12)14-2/h4,6,8,11H,3,5,7,9-10H2,1-2H3,(H2,14,15,16). The average Bonchev–Trinajstić information content (AvgIpc) is 2.84. The van der Waals surface area contributed by atoms with E-state index in [0.29, 0.717) is 0 Å². The lowest BCUT2D eigenvalue weighted by Gasteiger charge is -2.14. The molecule has 2 N–H and O–H groups in total. The van der Waals surface area contributed by atoms with Gasteiger partial charge in [0.15, 0.2) is 0 Å². The number of rotatable bonds is 5. The van der Waals surface area contributed by atoms with Crippen molar-refractivity contribution in [2.24, 2.45) is 5.92 Å². The molecule has 1 unspecified atom stereocenters. The lowest BCUT2D eigenvalue weighted by molar-refractivity contribution is 0.345. The molecular formula is C13H22N4. The molecule has 0 spiro atoms. The number of aromatic nitrogens is 1. The normalized spacial score (nSPS) is 20.5. The Bertz CT molecular complexity index is 353. The maximum Gasteiger partial charge on any atom is 0.127 e. The van der Waals surface area contributed by atoms with E-state index in [2.05, 4.69) is 27.4 Å². The summed E-state index contributed by atoms with van der Waals surface area (Å²) in [4.78, 5) is 6.72. The number of pyridine rings is 1. The van der Waals surface area contributed by atoms with Crippen LogP contribution in [0, 0.1) is 5.92 Å². The molecule has 1 aromatic rings. The SMILES string of the molecule is CCN1CCC(CNc2ccnc(NC)c2)C1. The highest BCUT2D eigenvalue weighted by molar-refractivity contribution is 5.51. The van der Waals surface area contributed by atoms with E-state index in [1.165, 1.54) is 26.1 Å². The number of hydrogen-bond acceptors (Lipinski definition) is 4. The minimum Gasteiger partial charge on any atom is -0.385 e. The molecule has 4 heteroatoms. The molecule has 1 fully saturated rings. The number of anilines is 2. The second kappa shape index (κ2) is 5.87. The highest BCUT2D eigenvalue weighted by Gasteiger charge is 2.20. The average molecular weight is 234 g/mol. The molecule has 0 aliphatic carbocycles. The summed E-state index contributed by atoms with van der Waals surface area (Å²) in [5, 5.41) is 6.55. The van der Waals surface area contributed by atoms with E-state index < -0.39 is 0 Å². The molecule has 0 saturated carbocycles. The summed E-state index contributed by atoms with van der Waals surface area (Å²) >= 11 is 0. The van der Waals surface area contributed by atoms with Crippen molar-refractivity contribution in [2.75, 3.05) is 43.9 Å². The van der Waals surface area contributed by atoms with Gasteiger partial charge >= 0.3 is 0 Å². The van der Waals surface area contributed by atoms with Gasteiger partial charge < -0.3 is 15.5 Å². The van der Waals surface area contributed by atoms with E-state index >= 15 is 0 Å². The van der Waals surface area contributed by atoms with Crippen LogP contribution in [-0.4, -0.2) is 43.1 Å². The molecule has 1 atom stereocenters. The molecule has 94 valence electrons. The predicted molar refractivity (Wildman–Crippen MR) is 72.5 cm³/mol. The minimum atomic E-state index is 0.779. The fourth-order valence-electron chi connectivity index (χ4n) is 2.31. The molecule has 0 aromatic carbocycles. The summed E-state index contributed by atoms with van der Waals surface area (Å²) in [5.74, 6) is 1.69. The Morgan fingerprint density at radius 3 is 3.12 bits per heavy atom. The first-order valence-corrected chi connectivity index (χ1v) is 6.42. The highest BCUT2D eigenvalue weighted by atomic mass is 15.1. The van der Waals surface area contributed by atoms with Crippen molar-refractivity contribution in [1.82, 2.24) is 9.88 Å². The Labute approximate surface area is 103 Å². The van der Waals surface area contributed by atoms with Crippen molar-refractivity contribution < 1.29 is 0 Å². The van der Waals surface area contributed by atoms with Crippen LogP contribution in [0.3, 0.4) is 0 Å². The summed E-state index contributed by atoms with van der Waals surface area (Å²) in [6.07, 6.45) is 3.14. The van der Waals surface area contributed by atoms with E-state index in [9.17, 15) is 0 Å². The van der Waals surface area contributed by atoms with Crippen molar-refractivity contribution in [1.29, 1.82) is 0 Å². The topological polar surface area (TPSA) is 40.2 Å². The van der Waals surface area contributed by atoms with Gasteiger partial charge in [-0.1, -0.05) is 6.92 Å². The van der Waals surface area contributed by atoms with Gasteiger partial charge in [-0.2, -0.15) is 0 Å². The lowest BCUT2D eigenvalue weighted by atomic mass is 10.1. The van der Waals surface area contributed by atoms with Crippen LogP contribution in [0.2, 0.25) is 0 Å². The zero-order valence-corrected chi connectivity index (χ0v) is 10.7. The zero-order valence-electron chi connectivity index (χ0n) is 10.7. The number of likely N-dealkylation sites (tertiary alicyclic amines) is 1. The molecule has 2 rings (SSSR count). The van der Waals surface area contributed by atoms with Crippen LogP contribution in [0.5, 0.6) is 0 Å². The van der Waals surface area contributed by atoms with Crippen LogP contribution in [0.25, 0.3) is 0 Å². The molecule has 2 heterocycles. The zero-order chi connectivity index (χ0) is 12.1. The Balaban J connectivity index is 1.81. The van der Waals surface area contributed by atoms with Gasteiger partial charge in [-0.3, -0.25) is 0 Å². The van der Waals surface area contributed by atoms with Crippen LogP contribution in [0.4, 0.5) is 11.5 Å². The van der Waals surface area contributed by atoms with Gasteiger partial charge in [0.25, 0.3) is 0 Å². The number of nitrogens with one attached hydrogen (secondary N) is 2. The molecule has 1 aromatic heterocycles. The maximum absolute atomic E-state index is 4.20. The molecule has 17 heavy (non-hydrogen) atoms. The predicted octanol–water partition coefficient (Wildman–Crippen LogP) is 1.88. The first kappa shape index (κ1) is 12.2. The molecular weight excluding hydrogens is 212 g/mol. The summed E-state index contributed by atoms with van der Waals surface area (Å²) < 4.78 is 0. The van der Waals surface area contributed by atoms with Crippen LogP contribution >= 0.6 is 0 Å². The third kappa shape index (κ3) is 3.33. The van der Waals surface area contributed by atoms with Gasteiger partial charge in [-0.25, -0.2) is 4.98 Å². The molecule has 1 aliphatic heterocycles. The number of hydrogen-bond donors (Lipinski definition) is 2. The first-order valence-electron chi connectivity index (χ1n) is 6.42. The summed E-state index contributed by atoms with van der Waals surface area (Å²) in [6, 6.07) is 4.07. The monoisotopic (exact) mass is 234 g/mol. The molecule has 4 nitrogen and oxygen atoms in total. The second-order valence-corrected chi connectivity index (χ2v) is 4.61. The molecule has 0 amide bonds. The Kier molecular flexibility index (Phi) is 4.20. The summed E-state index contributed by atoms with van der Waals surface area (Å²) in [5.41, 5.74) is 1.15. The Morgan fingerprint density at radius 1 is 1.53 bits per heavy atom. The van der Waals surface area contributed by atoms with Gasteiger partial charge in [0, 0.05) is 38.1 Å². The third-order valence-electron chi connectivity index (χ3n) is 3.43. The largest absolute Gasteiger partial charge is 0.385 e. The van der Waals surface area contributed by atoms with Crippen LogP contribution < -0.4 is 10.6 Å². The molecule has 0 bridgehead atoms. The summed E-state index contributed by atoms with van der Waals surface area (Å²) in [6.45, 7) is 6.95. The van der Waals surface area contributed by atoms with E-state index in [4.69, 9.17) is 0 Å². The lowest BCUT2D eigenvalue weighted by Crippen LogP contribution is -2.22. The highest BCUT2D eigenvalue weighted by Crippen LogP contribution is 2.17. The first-order chi connectivity index (χ1) is 8.31. The minimum absolute atomic E-state index is 0.779. The van der Waals surface area contributed by atoms with Crippen LogP contribution in [0.15, 0.2) is 18.3 Å². The van der Waals surface area contributed by atoms with E-state index in [1.807, 2.05) is 25.4 Å². The van der Waals surface area contributed by atoms with Crippen LogP contribution in [0.1, 0.15) is 13.3 Å². The van der Waals surface area contributed by atoms with Crippen molar-refractivity contribution in [3.63, 3.8) is 0 Å². The van der Waals surface area contributed by atoms with Crippen molar-refractivity contribution >= 4 is 11.5 Å². The van der Waals surface area contributed by atoms with E-state index in [-0.39, 0.29) is 0 Å². The fraction of sp³-hybridized carbons (Fsp3) is 0.615. The second-order valence-electron chi connectivity index (χ2n) is 4.61. The van der Waals surface area contributed by atoms with Gasteiger partial charge in [0.2, 0.25) is 0 Å². The van der Waals surface area contributed by atoms with Gasteiger partial charge in [-0.05, 0) is 31.5 Å². The smallest absolute Gasteiger partial charge is 0.127 e. The van der Waals surface area contributed by atoms with Crippen molar-refractivity contribution in [3.8, 4) is 0 Å². The molecule has 0 radical (unpaired) electrons. The maximum atomic E-state index is 4.20. The number of nitrogens with zero attached hydrogens (tertiary/aromatic N) is 2. The molecule has 1 aliphatic rings. The van der Waals surface area contributed by atoms with Gasteiger partial charge in [0.05, 0.1) is 0 Å². The van der Waals surface area contributed by atoms with Crippen molar-refractivity contribution in [2.45, 2.75) is 13.3 Å². The van der Waals surface area contributed by atoms with Gasteiger partial charge in [0.1, 0.15) is 5.82 Å². The summed E-state index contributed by atoms with van der Waals surface area (Å²) in [7, 11) is 1.89. The fourth-order valence-corrected chi connectivity index (χ4v) is 2.31. The quantitative estimate of drug-likeness (QED) is 0.816. The van der Waals surface area contributed by atoms with Crippen molar-refractivity contribution in [3.05, 3.63) is 18.3 Å². The van der Waals surface area contributed by atoms with E-state index in [1.54, 1.807) is 0 Å². The third-order valence-corrected chi connectivity index (χ3v) is 3.43. The van der Waals surface area contributed by atoms with Gasteiger partial charge in [-0.15, -0.1) is 0 Å².